The van der Waals surface area contributed by atoms with Crippen molar-refractivity contribution in [1.29, 1.82) is 0 Å². The topological polar surface area (TPSA) is 60.3 Å². The molecule has 2 heterocycles. The molecule has 1 aliphatic rings. The summed E-state index contributed by atoms with van der Waals surface area (Å²) in [6.07, 6.45) is 4.48. The first-order chi connectivity index (χ1) is 13.2. The Morgan fingerprint density at radius 1 is 1.26 bits per heavy atom. The quantitative estimate of drug-likeness (QED) is 0.674. The maximum absolute atomic E-state index is 12.7. The lowest BCUT2D eigenvalue weighted by Gasteiger charge is -2.35. The van der Waals surface area contributed by atoms with E-state index in [1.165, 1.54) is 18.2 Å². The second kappa shape index (κ2) is 9.26. The van der Waals surface area contributed by atoms with Gasteiger partial charge in [0.2, 0.25) is 5.91 Å². The number of para-hydroxylation sites is 1. The van der Waals surface area contributed by atoms with Gasteiger partial charge in [0.25, 0.3) is 0 Å². The number of carbonyl (C=O) groups is 1. The molecular formula is C20H28N4O2S. The van der Waals surface area contributed by atoms with Crippen molar-refractivity contribution in [3.05, 3.63) is 24.3 Å². The summed E-state index contributed by atoms with van der Waals surface area (Å²) in [7, 11) is 1.66. The van der Waals surface area contributed by atoms with Crippen molar-refractivity contribution >= 4 is 17.7 Å². The first-order valence-corrected chi connectivity index (χ1v) is 10.7. The lowest BCUT2D eigenvalue weighted by Crippen LogP contribution is -2.44. The number of aromatic nitrogens is 3. The molecule has 0 saturated carbocycles. The largest absolute Gasteiger partial charge is 0.496 e. The van der Waals surface area contributed by atoms with Gasteiger partial charge in [0.15, 0.2) is 11.0 Å². The zero-order chi connectivity index (χ0) is 19.2. The molecule has 1 saturated heterocycles. The highest BCUT2D eigenvalue weighted by molar-refractivity contribution is 7.99. The molecule has 1 aromatic heterocycles. The summed E-state index contributed by atoms with van der Waals surface area (Å²) in [5.41, 5.74) is 0.912. The van der Waals surface area contributed by atoms with Crippen LogP contribution in [0.25, 0.3) is 11.4 Å². The van der Waals surface area contributed by atoms with Gasteiger partial charge in [-0.15, -0.1) is 10.2 Å². The SMILES string of the molecule is CCC1CCCCN1C(=O)CSc1nnc(-c2ccccc2OC)n1CC. The minimum absolute atomic E-state index is 0.205. The number of rotatable bonds is 7. The number of methoxy groups -OCH3 is 1. The smallest absolute Gasteiger partial charge is 0.233 e. The number of benzene rings is 1. The molecule has 0 spiro atoms. The van der Waals surface area contributed by atoms with Crippen LogP contribution in [0.15, 0.2) is 29.4 Å². The fourth-order valence-electron chi connectivity index (χ4n) is 3.67. The molecule has 0 aliphatic carbocycles. The summed E-state index contributed by atoms with van der Waals surface area (Å²) in [5, 5.41) is 9.49. The van der Waals surface area contributed by atoms with Gasteiger partial charge in [0, 0.05) is 19.1 Å². The van der Waals surface area contributed by atoms with Crippen molar-refractivity contribution in [1.82, 2.24) is 19.7 Å². The summed E-state index contributed by atoms with van der Waals surface area (Å²) in [6.45, 7) is 5.84. The van der Waals surface area contributed by atoms with Gasteiger partial charge in [-0.1, -0.05) is 30.8 Å². The zero-order valence-corrected chi connectivity index (χ0v) is 17.2. The molecule has 1 amide bonds. The zero-order valence-electron chi connectivity index (χ0n) is 16.4. The van der Waals surface area contributed by atoms with Gasteiger partial charge in [-0.2, -0.15) is 0 Å². The fraction of sp³-hybridized carbons (Fsp3) is 0.550. The van der Waals surface area contributed by atoms with E-state index in [1.54, 1.807) is 7.11 Å². The molecule has 27 heavy (non-hydrogen) atoms. The first kappa shape index (κ1) is 19.7. The van der Waals surface area contributed by atoms with Crippen molar-refractivity contribution < 1.29 is 9.53 Å². The molecular weight excluding hydrogens is 360 g/mol. The van der Waals surface area contributed by atoms with Crippen LogP contribution in [0.3, 0.4) is 0 Å². The van der Waals surface area contributed by atoms with Crippen LogP contribution in [0.4, 0.5) is 0 Å². The minimum atomic E-state index is 0.205. The molecule has 1 unspecified atom stereocenters. The van der Waals surface area contributed by atoms with Gasteiger partial charge < -0.3 is 14.2 Å². The van der Waals surface area contributed by atoms with E-state index in [0.717, 1.165) is 54.6 Å². The number of ether oxygens (including phenoxy) is 1. The number of nitrogens with zero attached hydrogens (tertiary/aromatic N) is 4. The molecule has 0 N–H and O–H groups in total. The number of hydrogen-bond donors (Lipinski definition) is 0. The van der Waals surface area contributed by atoms with E-state index in [9.17, 15) is 4.79 Å². The van der Waals surface area contributed by atoms with Crippen LogP contribution in [-0.2, 0) is 11.3 Å². The predicted octanol–water partition coefficient (Wildman–Crippen LogP) is 3.86. The molecule has 6 nitrogen and oxygen atoms in total. The third-order valence-electron chi connectivity index (χ3n) is 5.12. The van der Waals surface area contributed by atoms with Crippen molar-refractivity contribution in [2.45, 2.75) is 57.3 Å². The van der Waals surface area contributed by atoms with E-state index in [2.05, 4.69) is 28.9 Å². The van der Waals surface area contributed by atoms with Crippen LogP contribution in [0.5, 0.6) is 5.75 Å². The monoisotopic (exact) mass is 388 g/mol. The van der Waals surface area contributed by atoms with E-state index in [-0.39, 0.29) is 5.91 Å². The van der Waals surface area contributed by atoms with Crippen LogP contribution in [0, 0.1) is 0 Å². The molecule has 0 bridgehead atoms. The fourth-order valence-corrected chi connectivity index (χ4v) is 4.56. The Kier molecular flexibility index (Phi) is 6.77. The second-order valence-corrected chi connectivity index (χ2v) is 7.63. The average Bonchev–Trinajstić information content (AvgIpc) is 3.14. The van der Waals surface area contributed by atoms with Gasteiger partial charge >= 0.3 is 0 Å². The second-order valence-electron chi connectivity index (χ2n) is 6.68. The molecule has 3 rings (SSSR count). The van der Waals surface area contributed by atoms with Gasteiger partial charge in [-0.25, -0.2) is 0 Å². The summed E-state index contributed by atoms with van der Waals surface area (Å²) in [5.74, 6) is 2.15. The van der Waals surface area contributed by atoms with Crippen molar-refractivity contribution in [2.24, 2.45) is 0 Å². The average molecular weight is 389 g/mol. The van der Waals surface area contributed by atoms with Crippen LogP contribution < -0.4 is 4.74 Å². The number of thioether (sulfide) groups is 1. The van der Waals surface area contributed by atoms with E-state index >= 15 is 0 Å². The Morgan fingerprint density at radius 3 is 2.81 bits per heavy atom. The molecule has 0 radical (unpaired) electrons. The number of amides is 1. The molecule has 2 aromatic rings. The third kappa shape index (κ3) is 4.29. The van der Waals surface area contributed by atoms with E-state index in [1.807, 2.05) is 28.8 Å². The van der Waals surface area contributed by atoms with Crippen molar-refractivity contribution in [3.8, 4) is 17.1 Å². The number of likely N-dealkylation sites (tertiary alicyclic amines) is 1. The lowest BCUT2D eigenvalue weighted by atomic mass is 10.0. The minimum Gasteiger partial charge on any atom is -0.496 e. The van der Waals surface area contributed by atoms with Crippen LogP contribution in [-0.4, -0.2) is 51.0 Å². The highest BCUT2D eigenvalue weighted by atomic mass is 32.2. The number of piperidine rings is 1. The Bertz CT molecular complexity index is 777. The Morgan fingerprint density at radius 2 is 2.07 bits per heavy atom. The summed E-state index contributed by atoms with van der Waals surface area (Å²) < 4.78 is 7.51. The summed E-state index contributed by atoms with van der Waals surface area (Å²) >= 11 is 1.47. The molecule has 1 aliphatic heterocycles. The maximum Gasteiger partial charge on any atom is 0.233 e. The predicted molar refractivity (Wildman–Crippen MR) is 108 cm³/mol. The third-order valence-corrected chi connectivity index (χ3v) is 6.08. The summed E-state index contributed by atoms with van der Waals surface area (Å²) in [4.78, 5) is 14.8. The van der Waals surface area contributed by atoms with Crippen molar-refractivity contribution in [2.75, 3.05) is 19.4 Å². The molecule has 146 valence electrons. The molecule has 1 fully saturated rings. The highest BCUT2D eigenvalue weighted by Crippen LogP contribution is 2.31. The standard InChI is InChI=1S/C20H28N4O2S/c1-4-15-10-8-9-13-24(15)18(25)14-27-20-22-21-19(23(20)5-2)16-11-6-7-12-17(16)26-3/h6-7,11-12,15H,4-5,8-10,13-14H2,1-3H3. The normalized spacial score (nSPS) is 17.1. The van der Waals surface area contributed by atoms with E-state index < -0.39 is 0 Å². The Balaban J connectivity index is 1.74. The number of hydrogen-bond acceptors (Lipinski definition) is 5. The van der Waals surface area contributed by atoms with Gasteiger partial charge in [-0.3, -0.25) is 4.79 Å². The lowest BCUT2D eigenvalue weighted by molar-refractivity contribution is -0.132. The number of carbonyl (C=O) groups excluding carboxylic acids is 1. The van der Waals surface area contributed by atoms with Crippen LogP contribution in [0.1, 0.15) is 39.5 Å². The van der Waals surface area contributed by atoms with Gasteiger partial charge in [-0.05, 0) is 44.7 Å². The maximum atomic E-state index is 12.7. The molecule has 1 aromatic carbocycles. The highest BCUT2D eigenvalue weighted by Gasteiger charge is 2.26. The Labute approximate surface area is 165 Å². The van der Waals surface area contributed by atoms with E-state index in [4.69, 9.17) is 4.74 Å². The molecule has 7 heteroatoms. The first-order valence-electron chi connectivity index (χ1n) is 9.68. The summed E-state index contributed by atoms with van der Waals surface area (Å²) in [6, 6.07) is 8.19. The van der Waals surface area contributed by atoms with Gasteiger partial charge in [0.05, 0.1) is 18.4 Å². The van der Waals surface area contributed by atoms with Crippen LogP contribution >= 0.6 is 11.8 Å². The van der Waals surface area contributed by atoms with Crippen molar-refractivity contribution in [3.63, 3.8) is 0 Å². The molecule has 1 atom stereocenters. The van der Waals surface area contributed by atoms with E-state index in [0.29, 0.717) is 11.8 Å². The van der Waals surface area contributed by atoms with Gasteiger partial charge in [0.1, 0.15) is 5.75 Å². The van der Waals surface area contributed by atoms with Crippen LogP contribution in [0.2, 0.25) is 0 Å². The Hall–Kier alpha value is -2.02.